The summed E-state index contributed by atoms with van der Waals surface area (Å²) in [6.07, 6.45) is 3.49. The van der Waals surface area contributed by atoms with Gasteiger partial charge >= 0.3 is 0 Å². The number of para-hydroxylation sites is 1. The van der Waals surface area contributed by atoms with E-state index >= 15 is 0 Å². The van der Waals surface area contributed by atoms with E-state index < -0.39 is 0 Å². The van der Waals surface area contributed by atoms with Crippen molar-refractivity contribution in [1.82, 2.24) is 4.90 Å². The highest BCUT2D eigenvalue weighted by molar-refractivity contribution is 5.94. The first kappa shape index (κ1) is 20.4. The van der Waals surface area contributed by atoms with E-state index in [0.717, 1.165) is 50.3 Å². The molecule has 0 spiro atoms. The van der Waals surface area contributed by atoms with E-state index in [9.17, 15) is 4.79 Å². The number of benzene rings is 2. The van der Waals surface area contributed by atoms with Crippen LogP contribution in [0, 0.1) is 6.92 Å². The van der Waals surface area contributed by atoms with Crippen molar-refractivity contribution >= 4 is 11.6 Å². The van der Waals surface area contributed by atoms with Gasteiger partial charge in [0.25, 0.3) is 0 Å². The highest BCUT2D eigenvalue weighted by Crippen LogP contribution is 2.27. The number of likely N-dealkylation sites (tertiary alicyclic amines) is 1. The highest BCUT2D eigenvalue weighted by atomic mass is 16.5. The second-order valence-electron chi connectivity index (χ2n) is 7.67. The van der Waals surface area contributed by atoms with Crippen molar-refractivity contribution in [3.05, 3.63) is 59.7 Å². The second-order valence-corrected chi connectivity index (χ2v) is 7.67. The van der Waals surface area contributed by atoms with Gasteiger partial charge in [-0.3, -0.25) is 9.69 Å². The van der Waals surface area contributed by atoms with E-state index in [0.29, 0.717) is 6.42 Å². The van der Waals surface area contributed by atoms with Gasteiger partial charge in [-0.2, -0.15) is 0 Å². The number of aryl methyl sites for hydroxylation is 1. The van der Waals surface area contributed by atoms with Crippen LogP contribution in [0.5, 0.6) is 5.75 Å². The molecule has 1 aliphatic heterocycles. The van der Waals surface area contributed by atoms with Crippen LogP contribution in [-0.2, 0) is 11.3 Å². The summed E-state index contributed by atoms with van der Waals surface area (Å²) in [5, 5.41) is 0. The Balaban J connectivity index is 1.68. The fourth-order valence-electron chi connectivity index (χ4n) is 4.01. The van der Waals surface area contributed by atoms with Crippen LogP contribution in [-0.4, -0.2) is 37.0 Å². The van der Waals surface area contributed by atoms with Crippen molar-refractivity contribution in [1.29, 1.82) is 0 Å². The van der Waals surface area contributed by atoms with Gasteiger partial charge in [-0.15, -0.1) is 0 Å². The van der Waals surface area contributed by atoms with Crippen molar-refractivity contribution in [3.8, 4) is 5.75 Å². The standard InChI is InChI=1S/C24H32N2O2/c1-4-7-24(27)26(21-12-10-19(2)11-13-21)22-14-16-25(17-15-22)18-20-8-5-6-9-23(20)28-3/h5-6,8-13,22H,4,7,14-18H2,1-3H3. The lowest BCUT2D eigenvalue weighted by Crippen LogP contribution is -2.47. The van der Waals surface area contributed by atoms with Crippen molar-refractivity contribution < 1.29 is 9.53 Å². The molecule has 3 rings (SSSR count). The molecule has 1 fully saturated rings. The van der Waals surface area contributed by atoms with Gasteiger partial charge in [-0.25, -0.2) is 0 Å². The molecule has 1 amide bonds. The molecule has 150 valence electrons. The van der Waals surface area contributed by atoms with E-state index in [2.05, 4.69) is 60.0 Å². The lowest BCUT2D eigenvalue weighted by molar-refractivity contribution is -0.119. The van der Waals surface area contributed by atoms with E-state index in [1.54, 1.807) is 7.11 Å². The Morgan fingerprint density at radius 2 is 1.79 bits per heavy atom. The summed E-state index contributed by atoms with van der Waals surface area (Å²) in [6.45, 7) is 7.03. The number of hydrogen-bond donors (Lipinski definition) is 0. The monoisotopic (exact) mass is 380 g/mol. The first-order chi connectivity index (χ1) is 13.6. The summed E-state index contributed by atoms with van der Waals surface area (Å²) in [7, 11) is 1.73. The van der Waals surface area contributed by atoms with E-state index in [1.165, 1.54) is 11.1 Å². The zero-order valence-corrected chi connectivity index (χ0v) is 17.4. The van der Waals surface area contributed by atoms with E-state index in [-0.39, 0.29) is 11.9 Å². The maximum absolute atomic E-state index is 12.9. The summed E-state index contributed by atoms with van der Waals surface area (Å²) < 4.78 is 5.49. The number of piperidine rings is 1. The number of amides is 1. The van der Waals surface area contributed by atoms with Gasteiger partial charge < -0.3 is 9.64 Å². The molecule has 0 aliphatic carbocycles. The molecule has 2 aromatic rings. The zero-order valence-electron chi connectivity index (χ0n) is 17.4. The summed E-state index contributed by atoms with van der Waals surface area (Å²) >= 11 is 0. The first-order valence-electron chi connectivity index (χ1n) is 10.4. The molecule has 1 aliphatic rings. The number of hydrogen-bond acceptors (Lipinski definition) is 3. The lowest BCUT2D eigenvalue weighted by Gasteiger charge is -2.39. The van der Waals surface area contributed by atoms with Crippen molar-refractivity contribution in [2.75, 3.05) is 25.1 Å². The van der Waals surface area contributed by atoms with Crippen molar-refractivity contribution in [2.45, 2.75) is 52.1 Å². The van der Waals surface area contributed by atoms with Crippen molar-refractivity contribution in [2.24, 2.45) is 0 Å². The Kier molecular flexibility index (Phi) is 7.10. The van der Waals surface area contributed by atoms with E-state index in [1.807, 2.05) is 12.1 Å². The van der Waals surface area contributed by atoms with Gasteiger partial charge in [0.05, 0.1) is 7.11 Å². The molecule has 0 bridgehead atoms. The second kappa shape index (κ2) is 9.74. The summed E-state index contributed by atoms with van der Waals surface area (Å²) in [5.74, 6) is 1.19. The largest absolute Gasteiger partial charge is 0.496 e. The average Bonchev–Trinajstić information content (AvgIpc) is 2.71. The molecule has 2 aromatic carbocycles. The predicted octanol–water partition coefficient (Wildman–Crippen LogP) is 4.80. The third-order valence-corrected chi connectivity index (χ3v) is 5.55. The molecule has 4 nitrogen and oxygen atoms in total. The minimum atomic E-state index is 0.245. The predicted molar refractivity (Wildman–Crippen MR) is 115 cm³/mol. The van der Waals surface area contributed by atoms with Crippen LogP contribution in [0.25, 0.3) is 0 Å². The van der Waals surface area contributed by atoms with Crippen LogP contribution in [0.2, 0.25) is 0 Å². The average molecular weight is 381 g/mol. The smallest absolute Gasteiger partial charge is 0.227 e. The molecular weight excluding hydrogens is 348 g/mol. The Labute approximate surface area is 169 Å². The maximum atomic E-state index is 12.9. The molecule has 0 unspecified atom stereocenters. The molecular formula is C24H32N2O2. The number of rotatable bonds is 7. The zero-order chi connectivity index (χ0) is 19.9. The van der Waals surface area contributed by atoms with Gasteiger partial charge in [0.2, 0.25) is 5.91 Å². The number of anilines is 1. The first-order valence-corrected chi connectivity index (χ1v) is 10.4. The van der Waals surface area contributed by atoms with Gasteiger partial charge in [-0.1, -0.05) is 42.8 Å². The third-order valence-electron chi connectivity index (χ3n) is 5.55. The minimum absolute atomic E-state index is 0.245. The number of methoxy groups -OCH3 is 1. The van der Waals surface area contributed by atoms with Crippen LogP contribution in [0.3, 0.4) is 0 Å². The third kappa shape index (κ3) is 4.93. The van der Waals surface area contributed by atoms with E-state index in [4.69, 9.17) is 4.74 Å². The van der Waals surface area contributed by atoms with Crippen LogP contribution in [0.1, 0.15) is 43.7 Å². The molecule has 0 aromatic heterocycles. The number of carbonyl (C=O) groups is 1. The molecule has 0 radical (unpaired) electrons. The van der Waals surface area contributed by atoms with Gasteiger partial charge in [0.1, 0.15) is 5.75 Å². The van der Waals surface area contributed by atoms with Gasteiger partial charge in [0.15, 0.2) is 0 Å². The normalized spacial score (nSPS) is 15.4. The topological polar surface area (TPSA) is 32.8 Å². The Morgan fingerprint density at radius 1 is 1.11 bits per heavy atom. The Morgan fingerprint density at radius 3 is 2.43 bits per heavy atom. The summed E-state index contributed by atoms with van der Waals surface area (Å²) in [5.41, 5.74) is 3.48. The van der Waals surface area contributed by atoms with Gasteiger partial charge in [-0.05, 0) is 44.4 Å². The molecule has 1 saturated heterocycles. The highest BCUT2D eigenvalue weighted by Gasteiger charge is 2.29. The lowest BCUT2D eigenvalue weighted by atomic mass is 10.0. The SMILES string of the molecule is CCCC(=O)N(c1ccc(C)cc1)C1CCN(Cc2ccccc2OC)CC1. The minimum Gasteiger partial charge on any atom is -0.496 e. The summed E-state index contributed by atoms with van der Waals surface area (Å²) in [4.78, 5) is 17.4. The molecule has 1 heterocycles. The quantitative estimate of drug-likeness (QED) is 0.692. The summed E-state index contributed by atoms with van der Waals surface area (Å²) in [6, 6.07) is 16.9. The number of nitrogens with zero attached hydrogens (tertiary/aromatic N) is 2. The molecule has 28 heavy (non-hydrogen) atoms. The fourth-order valence-corrected chi connectivity index (χ4v) is 4.01. The molecule has 0 N–H and O–H groups in total. The molecule has 0 saturated carbocycles. The number of ether oxygens (including phenoxy) is 1. The van der Waals surface area contributed by atoms with Gasteiger partial charge in [0, 0.05) is 43.3 Å². The fraction of sp³-hybridized carbons (Fsp3) is 0.458. The van der Waals surface area contributed by atoms with Crippen molar-refractivity contribution in [3.63, 3.8) is 0 Å². The maximum Gasteiger partial charge on any atom is 0.227 e. The Bertz CT molecular complexity index is 764. The molecule has 0 atom stereocenters. The van der Waals surface area contributed by atoms with Crippen LogP contribution < -0.4 is 9.64 Å². The number of carbonyl (C=O) groups excluding carboxylic acids is 1. The van der Waals surface area contributed by atoms with Crippen LogP contribution in [0.15, 0.2) is 48.5 Å². The molecule has 4 heteroatoms. The van der Waals surface area contributed by atoms with Crippen LogP contribution in [0.4, 0.5) is 5.69 Å². The Hall–Kier alpha value is -2.33. The van der Waals surface area contributed by atoms with Crippen LogP contribution >= 0.6 is 0 Å².